The molecule has 1 amide bonds. The Morgan fingerprint density at radius 3 is 2.75 bits per heavy atom. The van der Waals surface area contributed by atoms with Crippen molar-refractivity contribution in [2.75, 3.05) is 4.90 Å². The molecular formula is C25H28N4O2S. The van der Waals surface area contributed by atoms with Crippen molar-refractivity contribution >= 4 is 44.1 Å². The number of benzene rings is 1. The van der Waals surface area contributed by atoms with Gasteiger partial charge in [-0.05, 0) is 57.7 Å². The van der Waals surface area contributed by atoms with E-state index in [-0.39, 0.29) is 23.6 Å². The second kappa shape index (κ2) is 7.04. The first-order chi connectivity index (χ1) is 15.1. The lowest BCUT2D eigenvalue weighted by Crippen LogP contribution is -2.53. The lowest BCUT2D eigenvalue weighted by atomic mass is 9.79. The SMILES string of the molecule is Cc1ccc2c(c1)[C@@H](C)CC(C)(C)N2C(=O)Cn1ncc2c3sc(C)cc3n(C)c2c1=O. The van der Waals surface area contributed by atoms with Crippen molar-refractivity contribution in [2.45, 2.75) is 59.0 Å². The summed E-state index contributed by atoms with van der Waals surface area (Å²) in [4.78, 5) is 30.0. The van der Waals surface area contributed by atoms with Crippen molar-refractivity contribution in [1.82, 2.24) is 14.3 Å². The summed E-state index contributed by atoms with van der Waals surface area (Å²) in [6.07, 6.45) is 2.59. The molecule has 4 aromatic rings. The Morgan fingerprint density at radius 2 is 2.00 bits per heavy atom. The molecule has 3 aromatic heterocycles. The Hall–Kier alpha value is -2.93. The number of aromatic nitrogens is 3. The zero-order valence-corrected chi connectivity index (χ0v) is 20.2. The van der Waals surface area contributed by atoms with Crippen LogP contribution in [0.25, 0.3) is 21.1 Å². The number of nitrogens with zero attached hydrogens (tertiary/aromatic N) is 4. The maximum Gasteiger partial charge on any atom is 0.291 e. The summed E-state index contributed by atoms with van der Waals surface area (Å²) in [5.74, 6) is 0.244. The van der Waals surface area contributed by atoms with Crippen molar-refractivity contribution in [3.8, 4) is 0 Å². The molecule has 1 aliphatic rings. The van der Waals surface area contributed by atoms with Gasteiger partial charge in [-0.3, -0.25) is 9.59 Å². The minimum atomic E-state index is -0.350. The van der Waals surface area contributed by atoms with Gasteiger partial charge in [0.05, 0.1) is 16.4 Å². The van der Waals surface area contributed by atoms with Crippen LogP contribution in [0.2, 0.25) is 0 Å². The minimum absolute atomic E-state index is 0.0856. The summed E-state index contributed by atoms with van der Waals surface area (Å²) >= 11 is 1.66. The maximum absolute atomic E-state index is 13.6. The molecule has 6 nitrogen and oxygen atoms in total. The van der Waals surface area contributed by atoms with Crippen molar-refractivity contribution in [3.63, 3.8) is 0 Å². The third-order valence-electron chi connectivity index (χ3n) is 6.70. The number of fused-ring (bicyclic) bond motifs is 4. The second-order valence-corrected chi connectivity index (χ2v) is 11.0. The van der Waals surface area contributed by atoms with Crippen molar-refractivity contribution < 1.29 is 4.79 Å². The molecule has 1 aliphatic heterocycles. The fourth-order valence-electron chi connectivity index (χ4n) is 5.36. The molecule has 166 valence electrons. The van der Waals surface area contributed by atoms with Crippen molar-refractivity contribution in [3.05, 3.63) is 56.8 Å². The molecule has 1 atom stereocenters. The normalized spacial score (nSPS) is 17.8. The molecular weight excluding hydrogens is 420 g/mol. The van der Waals surface area contributed by atoms with Gasteiger partial charge in [0.1, 0.15) is 12.1 Å². The summed E-state index contributed by atoms with van der Waals surface area (Å²) in [7, 11) is 1.90. The standard InChI is InChI=1S/C25H28N4O2S/c1-14-7-8-19-17(9-14)15(2)11-25(4,5)29(19)21(30)13-28-24(31)22-18(12-26-28)23-20(27(22)6)10-16(3)32-23/h7-10,12,15H,11,13H2,1-6H3/t15-/m0/s1. The zero-order valence-electron chi connectivity index (χ0n) is 19.4. The monoisotopic (exact) mass is 448 g/mol. The number of rotatable bonds is 2. The van der Waals surface area contributed by atoms with Gasteiger partial charge in [0.15, 0.2) is 0 Å². The first-order valence-electron chi connectivity index (χ1n) is 11.0. The molecule has 1 aromatic carbocycles. The molecule has 7 heteroatoms. The molecule has 0 radical (unpaired) electrons. The van der Waals surface area contributed by atoms with Gasteiger partial charge in [0.2, 0.25) is 5.91 Å². The molecule has 4 heterocycles. The van der Waals surface area contributed by atoms with Crippen LogP contribution in [0.4, 0.5) is 5.69 Å². The third kappa shape index (κ3) is 3.02. The highest BCUT2D eigenvalue weighted by Gasteiger charge is 2.40. The predicted molar refractivity (Wildman–Crippen MR) is 131 cm³/mol. The fourth-order valence-corrected chi connectivity index (χ4v) is 6.42. The Balaban J connectivity index is 1.58. The molecule has 0 N–H and O–H groups in total. The third-order valence-corrected chi connectivity index (χ3v) is 7.77. The van der Waals surface area contributed by atoms with E-state index in [0.717, 1.165) is 27.7 Å². The number of hydrogen-bond acceptors (Lipinski definition) is 4. The number of thiophene rings is 1. The van der Waals surface area contributed by atoms with Gasteiger partial charge in [-0.2, -0.15) is 5.10 Å². The van der Waals surface area contributed by atoms with E-state index in [4.69, 9.17) is 0 Å². The quantitative estimate of drug-likeness (QED) is 0.439. The van der Waals surface area contributed by atoms with Crippen LogP contribution < -0.4 is 10.5 Å². The van der Waals surface area contributed by atoms with Gasteiger partial charge in [0.25, 0.3) is 5.56 Å². The summed E-state index contributed by atoms with van der Waals surface area (Å²) in [5.41, 5.74) is 4.35. The molecule has 32 heavy (non-hydrogen) atoms. The summed E-state index contributed by atoms with van der Waals surface area (Å²) < 4.78 is 4.30. The van der Waals surface area contributed by atoms with Gasteiger partial charge in [-0.1, -0.05) is 24.6 Å². The first kappa shape index (κ1) is 20.9. The number of anilines is 1. The van der Waals surface area contributed by atoms with Gasteiger partial charge >= 0.3 is 0 Å². The minimum Gasteiger partial charge on any atom is -0.338 e. The van der Waals surface area contributed by atoms with E-state index in [1.54, 1.807) is 17.5 Å². The van der Waals surface area contributed by atoms with Crippen molar-refractivity contribution in [2.24, 2.45) is 7.05 Å². The van der Waals surface area contributed by atoms with E-state index in [0.29, 0.717) is 11.4 Å². The molecule has 0 aliphatic carbocycles. The van der Waals surface area contributed by atoms with Gasteiger partial charge in [0, 0.05) is 28.5 Å². The Bertz CT molecular complexity index is 1460. The largest absolute Gasteiger partial charge is 0.338 e. The Labute approximate surface area is 191 Å². The van der Waals surface area contributed by atoms with E-state index in [1.165, 1.54) is 20.7 Å². The predicted octanol–water partition coefficient (Wildman–Crippen LogP) is 4.89. The fraction of sp³-hybridized carbons (Fsp3) is 0.400. The average Bonchev–Trinajstić information content (AvgIpc) is 3.21. The second-order valence-electron chi connectivity index (χ2n) is 9.71. The molecule has 0 spiro atoms. The van der Waals surface area contributed by atoms with Gasteiger partial charge < -0.3 is 9.47 Å². The Morgan fingerprint density at radius 1 is 1.25 bits per heavy atom. The van der Waals surface area contributed by atoms with E-state index in [1.807, 2.05) is 28.6 Å². The summed E-state index contributed by atoms with van der Waals surface area (Å²) in [6, 6.07) is 8.34. The van der Waals surface area contributed by atoms with Crippen molar-refractivity contribution in [1.29, 1.82) is 0 Å². The highest BCUT2D eigenvalue weighted by atomic mass is 32.1. The number of carbonyl (C=O) groups is 1. The number of amides is 1. The van der Waals surface area contributed by atoms with E-state index < -0.39 is 0 Å². The molecule has 0 saturated heterocycles. The van der Waals surface area contributed by atoms with Gasteiger partial charge in [-0.25, -0.2) is 4.68 Å². The van der Waals surface area contributed by atoms with E-state index >= 15 is 0 Å². The maximum atomic E-state index is 13.6. The number of carbonyl (C=O) groups excluding carboxylic acids is 1. The van der Waals surface area contributed by atoms with Crippen LogP contribution in [0, 0.1) is 13.8 Å². The number of aryl methyl sites for hydroxylation is 3. The molecule has 0 saturated carbocycles. The number of hydrogen-bond donors (Lipinski definition) is 0. The average molecular weight is 449 g/mol. The highest BCUT2D eigenvalue weighted by molar-refractivity contribution is 7.20. The van der Waals surface area contributed by atoms with Crippen LogP contribution in [-0.4, -0.2) is 25.8 Å². The molecule has 5 rings (SSSR count). The van der Waals surface area contributed by atoms with Crippen LogP contribution in [0.5, 0.6) is 0 Å². The lowest BCUT2D eigenvalue weighted by Gasteiger charge is -2.46. The topological polar surface area (TPSA) is 60.1 Å². The highest BCUT2D eigenvalue weighted by Crippen LogP contribution is 2.43. The van der Waals surface area contributed by atoms with Crippen LogP contribution in [0.15, 0.2) is 35.3 Å². The first-order valence-corrected chi connectivity index (χ1v) is 11.8. The zero-order chi connectivity index (χ0) is 22.9. The molecule has 0 bridgehead atoms. The summed E-state index contributed by atoms with van der Waals surface area (Å²) in [6.45, 7) is 10.4. The summed E-state index contributed by atoms with van der Waals surface area (Å²) in [5, 5.41) is 5.25. The van der Waals surface area contributed by atoms with Crippen LogP contribution in [-0.2, 0) is 18.4 Å². The van der Waals surface area contributed by atoms with E-state index in [2.05, 4.69) is 51.9 Å². The Kier molecular flexibility index (Phi) is 4.60. The van der Waals surface area contributed by atoms with Crippen LogP contribution in [0.3, 0.4) is 0 Å². The van der Waals surface area contributed by atoms with Crippen LogP contribution >= 0.6 is 11.3 Å². The van der Waals surface area contributed by atoms with Gasteiger partial charge in [-0.15, -0.1) is 11.3 Å². The molecule has 0 unspecified atom stereocenters. The molecule has 0 fully saturated rings. The lowest BCUT2D eigenvalue weighted by molar-refractivity contribution is -0.120. The smallest absolute Gasteiger partial charge is 0.291 e. The van der Waals surface area contributed by atoms with Crippen LogP contribution in [0.1, 0.15) is 49.1 Å². The van der Waals surface area contributed by atoms with E-state index in [9.17, 15) is 9.59 Å².